The highest BCUT2D eigenvalue weighted by Gasteiger charge is 2.53. The Labute approximate surface area is 144 Å². The van der Waals surface area contributed by atoms with E-state index in [1.807, 2.05) is 0 Å². The molecule has 1 N–H and O–H groups in total. The molecule has 0 saturated heterocycles. The molecule has 124 valence electrons. The lowest BCUT2D eigenvalue weighted by Gasteiger charge is -2.55. The van der Waals surface area contributed by atoms with E-state index < -0.39 is 0 Å². The van der Waals surface area contributed by atoms with Crippen molar-refractivity contribution in [1.82, 2.24) is 15.2 Å². The van der Waals surface area contributed by atoms with Gasteiger partial charge in [-0.1, -0.05) is 11.3 Å². The zero-order chi connectivity index (χ0) is 16.1. The third-order valence-corrected chi connectivity index (χ3v) is 7.15. The first kappa shape index (κ1) is 14.5. The molecule has 4 aliphatic carbocycles. The predicted molar refractivity (Wildman–Crippen MR) is 91.9 cm³/mol. The SMILES string of the molecule is O=C(Nc1nnc(C23CC4CC(CC(C4)C2)C3)s1)c1cccnc1. The Morgan fingerprint density at radius 2 is 1.83 bits per heavy atom. The maximum Gasteiger partial charge on any atom is 0.259 e. The van der Waals surface area contributed by atoms with Gasteiger partial charge in [0.05, 0.1) is 5.56 Å². The lowest BCUT2D eigenvalue weighted by molar-refractivity contribution is -0.00555. The van der Waals surface area contributed by atoms with Crippen molar-refractivity contribution in [3.8, 4) is 0 Å². The number of anilines is 1. The minimum Gasteiger partial charge on any atom is -0.296 e. The lowest BCUT2D eigenvalue weighted by Crippen LogP contribution is -2.48. The zero-order valence-corrected chi connectivity index (χ0v) is 14.3. The maximum absolute atomic E-state index is 12.3. The van der Waals surface area contributed by atoms with Crippen molar-refractivity contribution in [1.29, 1.82) is 0 Å². The van der Waals surface area contributed by atoms with Gasteiger partial charge in [0.25, 0.3) is 5.91 Å². The molecule has 6 rings (SSSR count). The molecule has 2 heterocycles. The van der Waals surface area contributed by atoms with Crippen LogP contribution in [0, 0.1) is 17.8 Å². The van der Waals surface area contributed by atoms with Gasteiger partial charge in [-0.05, 0) is 68.4 Å². The van der Waals surface area contributed by atoms with Crippen molar-refractivity contribution in [3.63, 3.8) is 0 Å². The van der Waals surface area contributed by atoms with Crippen LogP contribution in [-0.2, 0) is 5.41 Å². The smallest absolute Gasteiger partial charge is 0.259 e. The van der Waals surface area contributed by atoms with Crippen molar-refractivity contribution in [2.45, 2.75) is 43.9 Å². The van der Waals surface area contributed by atoms with Crippen molar-refractivity contribution in [2.75, 3.05) is 5.32 Å². The molecule has 24 heavy (non-hydrogen) atoms. The summed E-state index contributed by atoms with van der Waals surface area (Å²) in [5, 5.41) is 13.4. The first-order valence-corrected chi connectivity index (χ1v) is 9.57. The molecular formula is C18H20N4OS. The number of carbonyl (C=O) groups is 1. The van der Waals surface area contributed by atoms with Crippen LogP contribution in [0.15, 0.2) is 24.5 Å². The molecule has 5 nitrogen and oxygen atoms in total. The first-order chi connectivity index (χ1) is 11.7. The molecule has 0 aromatic carbocycles. The van der Waals surface area contributed by atoms with E-state index >= 15 is 0 Å². The third-order valence-electron chi connectivity index (χ3n) is 6.06. The summed E-state index contributed by atoms with van der Waals surface area (Å²) in [6.45, 7) is 0. The molecule has 0 aliphatic heterocycles. The van der Waals surface area contributed by atoms with Gasteiger partial charge >= 0.3 is 0 Å². The van der Waals surface area contributed by atoms with Gasteiger partial charge < -0.3 is 0 Å². The summed E-state index contributed by atoms with van der Waals surface area (Å²) >= 11 is 1.57. The second kappa shape index (κ2) is 5.34. The van der Waals surface area contributed by atoms with Crippen LogP contribution in [0.5, 0.6) is 0 Å². The largest absolute Gasteiger partial charge is 0.296 e. The molecule has 4 saturated carbocycles. The van der Waals surface area contributed by atoms with Crippen LogP contribution in [-0.4, -0.2) is 21.1 Å². The molecule has 0 unspecified atom stereocenters. The number of pyridine rings is 1. The minimum atomic E-state index is -0.170. The van der Waals surface area contributed by atoms with E-state index in [-0.39, 0.29) is 11.3 Å². The summed E-state index contributed by atoms with van der Waals surface area (Å²) in [5.74, 6) is 2.48. The van der Waals surface area contributed by atoms with E-state index in [0.29, 0.717) is 10.7 Å². The van der Waals surface area contributed by atoms with Gasteiger partial charge in [0.2, 0.25) is 5.13 Å². The fourth-order valence-electron chi connectivity index (χ4n) is 5.53. The number of hydrogen-bond acceptors (Lipinski definition) is 5. The van der Waals surface area contributed by atoms with Crippen molar-refractivity contribution in [2.24, 2.45) is 17.8 Å². The van der Waals surface area contributed by atoms with Gasteiger partial charge in [-0.15, -0.1) is 10.2 Å². The van der Waals surface area contributed by atoms with Crippen LogP contribution in [0.2, 0.25) is 0 Å². The minimum absolute atomic E-state index is 0.170. The van der Waals surface area contributed by atoms with E-state index in [1.165, 1.54) is 38.5 Å². The molecule has 2 aromatic rings. The maximum atomic E-state index is 12.3. The number of carbonyl (C=O) groups excluding carboxylic acids is 1. The number of aromatic nitrogens is 3. The molecule has 1 amide bonds. The summed E-state index contributed by atoms with van der Waals surface area (Å²) < 4.78 is 0. The Bertz CT molecular complexity index is 737. The van der Waals surface area contributed by atoms with E-state index in [2.05, 4.69) is 20.5 Å². The lowest BCUT2D eigenvalue weighted by atomic mass is 9.50. The Morgan fingerprint density at radius 3 is 2.46 bits per heavy atom. The van der Waals surface area contributed by atoms with E-state index in [4.69, 9.17) is 0 Å². The normalized spacial score (nSPS) is 33.6. The van der Waals surface area contributed by atoms with Crippen molar-refractivity contribution >= 4 is 22.4 Å². The van der Waals surface area contributed by atoms with E-state index in [9.17, 15) is 4.79 Å². The summed E-state index contributed by atoms with van der Waals surface area (Å²) in [7, 11) is 0. The van der Waals surface area contributed by atoms with Gasteiger partial charge in [0, 0.05) is 17.8 Å². The highest BCUT2D eigenvalue weighted by atomic mass is 32.1. The molecule has 4 aliphatic rings. The zero-order valence-electron chi connectivity index (χ0n) is 13.4. The highest BCUT2D eigenvalue weighted by Crippen LogP contribution is 2.61. The standard InChI is InChI=1S/C18H20N4OS/c23-15(14-2-1-3-19-10-14)20-17-22-21-16(24-17)18-7-11-4-12(8-18)6-13(5-11)9-18/h1-3,10-13H,4-9H2,(H,20,22,23). The van der Waals surface area contributed by atoms with Gasteiger partial charge in [-0.3, -0.25) is 15.1 Å². The average Bonchev–Trinajstić information content (AvgIpc) is 3.04. The summed E-state index contributed by atoms with van der Waals surface area (Å²) in [6.07, 6.45) is 11.3. The molecular weight excluding hydrogens is 320 g/mol. The van der Waals surface area contributed by atoms with Crippen molar-refractivity contribution < 1.29 is 4.79 Å². The third kappa shape index (κ3) is 2.35. The predicted octanol–water partition coefficient (Wildman–Crippen LogP) is 3.65. The van der Waals surface area contributed by atoms with Gasteiger partial charge in [-0.2, -0.15) is 0 Å². The highest BCUT2D eigenvalue weighted by molar-refractivity contribution is 7.15. The number of nitrogens with zero attached hydrogens (tertiary/aromatic N) is 3. The quantitative estimate of drug-likeness (QED) is 0.926. The molecule has 2 aromatic heterocycles. The summed E-state index contributed by atoms with van der Waals surface area (Å²) in [6, 6.07) is 3.51. The monoisotopic (exact) mass is 340 g/mol. The molecule has 6 heteroatoms. The number of rotatable bonds is 3. The fraction of sp³-hybridized carbons (Fsp3) is 0.556. The van der Waals surface area contributed by atoms with Crippen LogP contribution in [0.3, 0.4) is 0 Å². The summed E-state index contributed by atoms with van der Waals surface area (Å²) in [4.78, 5) is 16.2. The second-order valence-corrected chi connectivity index (χ2v) is 8.78. The van der Waals surface area contributed by atoms with Crippen LogP contribution in [0.4, 0.5) is 5.13 Å². The first-order valence-electron chi connectivity index (χ1n) is 8.75. The summed E-state index contributed by atoms with van der Waals surface area (Å²) in [5.41, 5.74) is 0.785. The van der Waals surface area contributed by atoms with E-state index in [1.54, 1.807) is 35.9 Å². The Balaban J connectivity index is 1.37. The van der Waals surface area contributed by atoms with Crippen molar-refractivity contribution in [3.05, 3.63) is 35.1 Å². The average molecular weight is 340 g/mol. The van der Waals surface area contributed by atoms with Gasteiger partial charge in [0.1, 0.15) is 5.01 Å². The topological polar surface area (TPSA) is 67.8 Å². The van der Waals surface area contributed by atoms with Crippen LogP contribution >= 0.6 is 11.3 Å². The Kier molecular flexibility index (Phi) is 3.23. The molecule has 0 spiro atoms. The molecule has 0 atom stereocenters. The Morgan fingerprint density at radius 1 is 1.12 bits per heavy atom. The molecule has 0 radical (unpaired) electrons. The second-order valence-electron chi connectivity index (χ2n) is 7.81. The van der Waals surface area contributed by atoms with Gasteiger partial charge in [0.15, 0.2) is 0 Å². The van der Waals surface area contributed by atoms with Crippen LogP contribution in [0.25, 0.3) is 0 Å². The number of amides is 1. The van der Waals surface area contributed by atoms with Crippen LogP contribution < -0.4 is 5.32 Å². The fourth-order valence-corrected chi connectivity index (χ4v) is 6.48. The number of hydrogen-bond donors (Lipinski definition) is 1. The number of nitrogens with one attached hydrogen (secondary N) is 1. The Hall–Kier alpha value is -1.82. The van der Waals surface area contributed by atoms with E-state index in [0.717, 1.165) is 22.8 Å². The molecule has 4 bridgehead atoms. The van der Waals surface area contributed by atoms with Crippen LogP contribution in [0.1, 0.15) is 53.9 Å². The van der Waals surface area contributed by atoms with Gasteiger partial charge in [-0.25, -0.2) is 0 Å². The molecule has 4 fully saturated rings.